The highest BCUT2D eigenvalue weighted by molar-refractivity contribution is 5.76. The second-order valence-corrected chi connectivity index (χ2v) is 4.42. The minimum Gasteiger partial charge on any atom is -0.497 e. The molecule has 0 aliphatic heterocycles. The van der Waals surface area contributed by atoms with E-state index in [-0.39, 0.29) is 11.9 Å². The first-order valence-electron chi connectivity index (χ1n) is 6.18. The molecule has 1 aromatic rings. The quantitative estimate of drug-likeness (QED) is 0.820. The van der Waals surface area contributed by atoms with Gasteiger partial charge in [0.1, 0.15) is 11.8 Å². The van der Waals surface area contributed by atoms with Crippen molar-refractivity contribution in [1.29, 1.82) is 5.26 Å². The van der Waals surface area contributed by atoms with Crippen LogP contribution in [0.15, 0.2) is 18.2 Å². The van der Waals surface area contributed by atoms with E-state index in [0.29, 0.717) is 30.0 Å². The summed E-state index contributed by atoms with van der Waals surface area (Å²) in [6, 6.07) is 7.41. The molecule has 5 heteroatoms. The van der Waals surface area contributed by atoms with E-state index in [9.17, 15) is 4.79 Å². The van der Waals surface area contributed by atoms with Gasteiger partial charge in [0.15, 0.2) is 0 Å². The van der Waals surface area contributed by atoms with Crippen LogP contribution in [-0.4, -0.2) is 25.6 Å². The zero-order valence-corrected chi connectivity index (χ0v) is 11.5. The second-order valence-electron chi connectivity index (χ2n) is 4.42. The predicted molar refractivity (Wildman–Crippen MR) is 74.1 cm³/mol. The number of ether oxygens (including phenoxy) is 1. The van der Waals surface area contributed by atoms with Crippen LogP contribution in [0.5, 0.6) is 5.75 Å². The van der Waals surface area contributed by atoms with Gasteiger partial charge < -0.3 is 15.4 Å². The fourth-order valence-corrected chi connectivity index (χ4v) is 1.60. The first-order chi connectivity index (χ1) is 9.06. The summed E-state index contributed by atoms with van der Waals surface area (Å²) in [6.07, 6.45) is 0.361. The van der Waals surface area contributed by atoms with Crippen molar-refractivity contribution in [1.82, 2.24) is 5.32 Å². The van der Waals surface area contributed by atoms with Gasteiger partial charge in [-0.25, -0.2) is 0 Å². The number of hydrogen-bond acceptors (Lipinski definition) is 4. The van der Waals surface area contributed by atoms with Crippen LogP contribution in [0.3, 0.4) is 0 Å². The number of nitriles is 1. The third-order valence-electron chi connectivity index (χ3n) is 2.46. The van der Waals surface area contributed by atoms with E-state index in [1.807, 2.05) is 13.8 Å². The van der Waals surface area contributed by atoms with Crippen LogP contribution < -0.4 is 15.4 Å². The summed E-state index contributed by atoms with van der Waals surface area (Å²) in [5, 5.41) is 14.9. The molecule has 0 aliphatic rings. The minimum atomic E-state index is -0.0103. The van der Waals surface area contributed by atoms with E-state index >= 15 is 0 Å². The molecule has 0 atom stereocenters. The molecule has 5 nitrogen and oxygen atoms in total. The molecule has 0 aromatic heterocycles. The van der Waals surface area contributed by atoms with Crippen molar-refractivity contribution in [3.8, 4) is 11.8 Å². The molecule has 0 saturated heterocycles. The molecule has 0 heterocycles. The molecule has 0 saturated carbocycles. The Kier molecular flexibility index (Phi) is 5.68. The number of rotatable bonds is 6. The molecule has 0 unspecified atom stereocenters. The third-order valence-corrected chi connectivity index (χ3v) is 2.46. The zero-order chi connectivity index (χ0) is 14.3. The highest BCUT2D eigenvalue weighted by Gasteiger charge is 2.06. The normalized spacial score (nSPS) is 9.84. The fraction of sp³-hybridized carbons (Fsp3) is 0.429. The van der Waals surface area contributed by atoms with Crippen molar-refractivity contribution in [3.63, 3.8) is 0 Å². The standard InChI is InChI=1S/C14H19N3O2/c1-10(2)17-14(18)6-7-16-13-8-12(19-3)5-4-11(13)9-15/h4-5,8,10,16H,6-7H2,1-3H3,(H,17,18). The van der Waals surface area contributed by atoms with Gasteiger partial charge in [0.25, 0.3) is 0 Å². The lowest BCUT2D eigenvalue weighted by Crippen LogP contribution is -2.31. The van der Waals surface area contributed by atoms with Gasteiger partial charge in [-0.3, -0.25) is 4.79 Å². The highest BCUT2D eigenvalue weighted by atomic mass is 16.5. The molecule has 1 aromatic carbocycles. The summed E-state index contributed by atoms with van der Waals surface area (Å²) in [4.78, 5) is 11.5. The average Bonchev–Trinajstić information content (AvgIpc) is 2.37. The van der Waals surface area contributed by atoms with E-state index in [1.54, 1.807) is 25.3 Å². The van der Waals surface area contributed by atoms with Gasteiger partial charge in [0.2, 0.25) is 5.91 Å². The molecule has 1 rings (SSSR count). The Morgan fingerprint density at radius 3 is 2.79 bits per heavy atom. The maximum Gasteiger partial charge on any atom is 0.221 e. The number of carbonyl (C=O) groups excluding carboxylic acids is 1. The summed E-state index contributed by atoms with van der Waals surface area (Å²) in [6.45, 7) is 4.31. The molecule has 0 aliphatic carbocycles. The van der Waals surface area contributed by atoms with Gasteiger partial charge in [-0.05, 0) is 26.0 Å². The number of anilines is 1. The third kappa shape index (κ3) is 4.88. The van der Waals surface area contributed by atoms with Crippen molar-refractivity contribution in [2.45, 2.75) is 26.3 Å². The molecule has 2 N–H and O–H groups in total. The van der Waals surface area contributed by atoms with Crippen molar-refractivity contribution >= 4 is 11.6 Å². The van der Waals surface area contributed by atoms with E-state index in [4.69, 9.17) is 10.00 Å². The van der Waals surface area contributed by atoms with Crippen LogP contribution >= 0.6 is 0 Å². The van der Waals surface area contributed by atoms with Gasteiger partial charge in [-0.15, -0.1) is 0 Å². The van der Waals surface area contributed by atoms with Crippen LogP contribution in [0.2, 0.25) is 0 Å². The summed E-state index contributed by atoms with van der Waals surface area (Å²) >= 11 is 0. The number of benzene rings is 1. The van der Waals surface area contributed by atoms with E-state index in [2.05, 4.69) is 16.7 Å². The Labute approximate surface area is 113 Å². The zero-order valence-electron chi connectivity index (χ0n) is 11.5. The van der Waals surface area contributed by atoms with Crippen LogP contribution in [0.1, 0.15) is 25.8 Å². The lowest BCUT2D eigenvalue weighted by Gasteiger charge is -2.11. The Hall–Kier alpha value is -2.22. The maximum absolute atomic E-state index is 11.5. The molecule has 102 valence electrons. The first-order valence-corrected chi connectivity index (χ1v) is 6.18. The summed E-state index contributed by atoms with van der Waals surface area (Å²) in [5.74, 6) is 0.664. The number of nitrogens with zero attached hydrogens (tertiary/aromatic N) is 1. The van der Waals surface area contributed by atoms with Gasteiger partial charge in [0, 0.05) is 25.1 Å². The van der Waals surface area contributed by atoms with Crippen molar-refractivity contribution < 1.29 is 9.53 Å². The number of methoxy groups -OCH3 is 1. The molecular formula is C14H19N3O2. The van der Waals surface area contributed by atoms with Crippen LogP contribution in [-0.2, 0) is 4.79 Å². The Balaban J connectivity index is 2.57. The number of amides is 1. The van der Waals surface area contributed by atoms with E-state index < -0.39 is 0 Å². The lowest BCUT2D eigenvalue weighted by molar-refractivity contribution is -0.121. The number of hydrogen-bond donors (Lipinski definition) is 2. The molecule has 19 heavy (non-hydrogen) atoms. The molecule has 0 radical (unpaired) electrons. The van der Waals surface area contributed by atoms with E-state index in [1.165, 1.54) is 0 Å². The summed E-state index contributed by atoms with van der Waals surface area (Å²) < 4.78 is 5.11. The van der Waals surface area contributed by atoms with Crippen molar-refractivity contribution in [3.05, 3.63) is 23.8 Å². The molecule has 0 fully saturated rings. The minimum absolute atomic E-state index is 0.0103. The largest absolute Gasteiger partial charge is 0.497 e. The maximum atomic E-state index is 11.5. The fourth-order valence-electron chi connectivity index (χ4n) is 1.60. The van der Waals surface area contributed by atoms with Crippen molar-refractivity contribution in [2.75, 3.05) is 19.0 Å². The predicted octanol–water partition coefficient (Wildman–Crippen LogP) is 1.89. The highest BCUT2D eigenvalue weighted by Crippen LogP contribution is 2.21. The molecular weight excluding hydrogens is 242 g/mol. The number of carbonyl (C=O) groups is 1. The smallest absolute Gasteiger partial charge is 0.221 e. The van der Waals surface area contributed by atoms with Gasteiger partial charge in [0.05, 0.1) is 18.4 Å². The van der Waals surface area contributed by atoms with Gasteiger partial charge >= 0.3 is 0 Å². The monoisotopic (exact) mass is 261 g/mol. The first kappa shape index (κ1) is 14.8. The van der Waals surface area contributed by atoms with Crippen LogP contribution in [0.25, 0.3) is 0 Å². The summed E-state index contributed by atoms with van der Waals surface area (Å²) in [7, 11) is 1.57. The Bertz CT molecular complexity index is 478. The molecule has 1 amide bonds. The topological polar surface area (TPSA) is 74.1 Å². The molecule has 0 spiro atoms. The Morgan fingerprint density at radius 2 is 2.21 bits per heavy atom. The van der Waals surface area contributed by atoms with Gasteiger partial charge in [-0.2, -0.15) is 5.26 Å². The average molecular weight is 261 g/mol. The molecule has 0 bridgehead atoms. The number of nitrogens with one attached hydrogen (secondary N) is 2. The van der Waals surface area contributed by atoms with E-state index in [0.717, 1.165) is 0 Å². The SMILES string of the molecule is COc1ccc(C#N)c(NCCC(=O)NC(C)C)c1. The summed E-state index contributed by atoms with van der Waals surface area (Å²) in [5.41, 5.74) is 1.21. The van der Waals surface area contributed by atoms with Gasteiger partial charge in [-0.1, -0.05) is 0 Å². The Morgan fingerprint density at radius 1 is 1.47 bits per heavy atom. The second kappa shape index (κ2) is 7.27. The van der Waals surface area contributed by atoms with Crippen molar-refractivity contribution in [2.24, 2.45) is 0 Å². The van der Waals surface area contributed by atoms with Crippen LogP contribution in [0, 0.1) is 11.3 Å². The van der Waals surface area contributed by atoms with Crippen LogP contribution in [0.4, 0.5) is 5.69 Å². The lowest BCUT2D eigenvalue weighted by atomic mass is 10.2.